The van der Waals surface area contributed by atoms with Crippen LogP contribution in [-0.2, 0) is 49.3 Å². The van der Waals surface area contributed by atoms with E-state index in [1.165, 1.54) is 4.90 Å². The fourth-order valence-electron chi connectivity index (χ4n) is 4.31. The van der Waals surface area contributed by atoms with Gasteiger partial charge in [0.1, 0.15) is 12.6 Å². The average Bonchev–Trinajstić information content (AvgIpc) is 3.13. The van der Waals surface area contributed by atoms with E-state index in [1.54, 1.807) is 13.8 Å². The fourth-order valence-corrected chi connectivity index (χ4v) is 5.20. The van der Waals surface area contributed by atoms with Crippen molar-refractivity contribution in [1.29, 1.82) is 0 Å². The van der Waals surface area contributed by atoms with Crippen molar-refractivity contribution in [2.45, 2.75) is 77.5 Å². The number of hydroxylamine groups is 2. The summed E-state index contributed by atoms with van der Waals surface area (Å²) in [4.78, 5) is 49.1. The van der Waals surface area contributed by atoms with Crippen LogP contribution >= 0.6 is 0 Å². The minimum atomic E-state index is -4.57. The lowest BCUT2D eigenvalue weighted by molar-refractivity contribution is -0.147. The summed E-state index contributed by atoms with van der Waals surface area (Å²) in [6.45, 7) is 3.57. The van der Waals surface area contributed by atoms with Gasteiger partial charge in [0.2, 0.25) is 5.91 Å². The molecule has 14 heteroatoms. The van der Waals surface area contributed by atoms with Gasteiger partial charge in [-0.15, -0.1) is 4.28 Å². The molecule has 3 amide bonds. The molecule has 0 spiro atoms. The van der Waals surface area contributed by atoms with Crippen LogP contribution in [0.25, 0.3) is 0 Å². The number of esters is 2. The quantitative estimate of drug-likeness (QED) is 0.225. The van der Waals surface area contributed by atoms with Gasteiger partial charge >= 0.3 is 28.4 Å². The van der Waals surface area contributed by atoms with Crippen LogP contribution in [0.2, 0.25) is 0 Å². The summed E-state index contributed by atoms with van der Waals surface area (Å²) in [6.07, 6.45) is 2.29. The molecule has 2 atom stereocenters. The molecule has 0 aromatic heterocycles. The van der Waals surface area contributed by atoms with Gasteiger partial charge < -0.3 is 20.1 Å². The third-order valence-corrected chi connectivity index (χ3v) is 7.46. The second-order valence-electron chi connectivity index (χ2n) is 10.6. The van der Waals surface area contributed by atoms with E-state index in [9.17, 15) is 27.6 Å². The zero-order valence-corrected chi connectivity index (χ0v) is 23.6. The second kappa shape index (κ2) is 13.9. The number of fused-ring (bicyclic) bond motifs is 2. The topological polar surface area (TPSA) is 172 Å². The Morgan fingerprint density at radius 3 is 2.33 bits per heavy atom. The number of urea groups is 1. The molecule has 2 saturated heterocycles. The van der Waals surface area contributed by atoms with Gasteiger partial charge in [0.15, 0.2) is 0 Å². The molecule has 2 aliphatic rings. The number of ether oxygens (including phenoxy) is 2. The Hall–Kier alpha value is -3.23. The van der Waals surface area contributed by atoms with Gasteiger partial charge in [-0.05, 0) is 43.1 Å². The largest absolute Gasteiger partial charge is 0.466 e. The summed E-state index contributed by atoms with van der Waals surface area (Å²) in [6, 6.07) is 7.25. The van der Waals surface area contributed by atoms with Crippen molar-refractivity contribution in [3.8, 4) is 0 Å². The lowest BCUT2D eigenvalue weighted by Crippen LogP contribution is -2.47. The number of nitrogens with two attached hydrogens (primary N) is 1. The van der Waals surface area contributed by atoms with Crippen LogP contribution < -0.4 is 5.73 Å². The number of benzene rings is 1. The normalized spacial score (nSPS) is 19.0. The predicted octanol–water partition coefficient (Wildman–Crippen LogP) is 2.20. The zero-order valence-electron chi connectivity index (χ0n) is 22.8. The van der Waals surface area contributed by atoms with Crippen LogP contribution in [0.5, 0.6) is 0 Å². The van der Waals surface area contributed by atoms with E-state index in [-0.39, 0.29) is 45.2 Å². The summed E-state index contributed by atoms with van der Waals surface area (Å²) in [7, 11) is -4.57. The molecule has 2 fully saturated rings. The molecule has 1 aromatic rings. The van der Waals surface area contributed by atoms with E-state index < -0.39 is 45.8 Å². The molecule has 3 rings (SSSR count). The Morgan fingerprint density at radius 1 is 1.02 bits per heavy atom. The molecule has 0 aliphatic carbocycles. The first kappa shape index (κ1) is 31.3. The van der Waals surface area contributed by atoms with Crippen molar-refractivity contribution in [3.63, 3.8) is 0 Å². The number of primary amides is 1. The summed E-state index contributed by atoms with van der Waals surface area (Å²) < 4.78 is 45.2. The maximum atomic E-state index is 12.5. The zero-order chi connectivity index (χ0) is 29.3. The third-order valence-electron chi connectivity index (χ3n) is 6.71. The first-order chi connectivity index (χ1) is 18.9. The molecule has 2 N–H and O–H groups in total. The minimum absolute atomic E-state index is 0.0470. The monoisotopic (exact) mass is 583 g/mol. The number of hydrogen-bond donors (Lipinski definition) is 1. The van der Waals surface area contributed by atoms with Crippen molar-refractivity contribution >= 4 is 34.3 Å². The third kappa shape index (κ3) is 9.45. The molecule has 2 aliphatic heterocycles. The molecule has 2 heterocycles. The highest BCUT2D eigenvalue weighted by molar-refractivity contribution is 7.81. The van der Waals surface area contributed by atoms with Crippen LogP contribution in [0, 0.1) is 5.41 Å². The first-order valence-electron chi connectivity index (χ1n) is 13.2. The van der Waals surface area contributed by atoms with Crippen LogP contribution in [0.1, 0.15) is 64.4 Å². The van der Waals surface area contributed by atoms with Crippen molar-refractivity contribution in [3.05, 3.63) is 35.9 Å². The molecule has 2 unspecified atom stereocenters. The smallest absolute Gasteiger partial charge is 0.421 e. The Balaban J connectivity index is 1.29. The molecule has 1 aromatic carbocycles. The van der Waals surface area contributed by atoms with Crippen LogP contribution in [0.3, 0.4) is 0 Å². The summed E-state index contributed by atoms with van der Waals surface area (Å²) in [5.41, 5.74) is 5.52. The van der Waals surface area contributed by atoms with Gasteiger partial charge in [-0.2, -0.15) is 13.5 Å². The number of amides is 3. The SMILES string of the molecule is CC(C)(CCOC(=O)CCCCC(=O)OCc1ccccc1)COS(=O)(=O)ON1C(=O)N2CC1CCC2C(N)=O. The Kier molecular flexibility index (Phi) is 10.9. The van der Waals surface area contributed by atoms with Crippen LogP contribution in [0.4, 0.5) is 4.79 Å². The van der Waals surface area contributed by atoms with Gasteiger partial charge in [-0.3, -0.25) is 14.4 Å². The highest BCUT2D eigenvalue weighted by Crippen LogP contribution is 2.31. The molecular weight excluding hydrogens is 546 g/mol. The van der Waals surface area contributed by atoms with Crippen LogP contribution in [0.15, 0.2) is 30.3 Å². The average molecular weight is 584 g/mol. The maximum absolute atomic E-state index is 12.5. The highest BCUT2D eigenvalue weighted by atomic mass is 32.3. The summed E-state index contributed by atoms with van der Waals surface area (Å²) >= 11 is 0. The second-order valence-corrected chi connectivity index (χ2v) is 11.8. The van der Waals surface area contributed by atoms with Crippen LogP contribution in [-0.4, -0.2) is 74.1 Å². The lowest BCUT2D eigenvalue weighted by Gasteiger charge is -2.27. The van der Waals surface area contributed by atoms with E-state index in [1.807, 2.05) is 30.3 Å². The Morgan fingerprint density at radius 2 is 1.68 bits per heavy atom. The summed E-state index contributed by atoms with van der Waals surface area (Å²) in [5, 5.41) is 0.718. The minimum Gasteiger partial charge on any atom is -0.466 e. The van der Waals surface area contributed by atoms with E-state index >= 15 is 0 Å². The number of carbonyl (C=O) groups is 4. The van der Waals surface area contributed by atoms with Gasteiger partial charge in [-0.25, -0.2) is 8.98 Å². The fraction of sp³-hybridized carbons (Fsp3) is 0.615. The van der Waals surface area contributed by atoms with Gasteiger partial charge in [0, 0.05) is 19.4 Å². The Bertz CT molecular complexity index is 1160. The molecular formula is C26H37N3O10S. The van der Waals surface area contributed by atoms with E-state index in [0.29, 0.717) is 32.1 Å². The number of unbranched alkanes of at least 4 members (excludes halogenated alkanes) is 1. The number of nitrogens with zero attached hydrogens (tertiary/aromatic N) is 2. The van der Waals surface area contributed by atoms with Gasteiger partial charge in [0.25, 0.3) is 0 Å². The van der Waals surface area contributed by atoms with Crippen molar-refractivity contribution < 1.29 is 45.5 Å². The van der Waals surface area contributed by atoms with Gasteiger partial charge in [0.05, 0.1) is 19.3 Å². The number of hydrogen-bond acceptors (Lipinski definition) is 10. The summed E-state index contributed by atoms with van der Waals surface area (Å²) in [5.74, 6) is -1.41. The molecule has 222 valence electrons. The molecule has 2 bridgehead atoms. The Labute approximate surface area is 234 Å². The highest BCUT2D eigenvalue weighted by Gasteiger charge is 2.49. The van der Waals surface area contributed by atoms with Gasteiger partial charge in [-0.1, -0.05) is 44.2 Å². The molecule has 40 heavy (non-hydrogen) atoms. The van der Waals surface area contributed by atoms with E-state index in [4.69, 9.17) is 23.7 Å². The van der Waals surface area contributed by atoms with Crippen molar-refractivity contribution in [1.82, 2.24) is 9.96 Å². The number of carbonyl (C=O) groups excluding carboxylic acids is 4. The molecule has 13 nitrogen and oxygen atoms in total. The standard InChI is InChI=1S/C26H37N3O10S/c1-26(2,14-15-36-22(30)10-6-7-11-23(31)37-17-19-8-4-3-5-9-19)18-38-40(34,35)39-29-20-12-13-21(24(27)32)28(16-20)25(29)33/h3-5,8-9,20-21H,6-7,10-18H2,1-2H3,(H2,27,32). The van der Waals surface area contributed by atoms with Crippen molar-refractivity contribution in [2.24, 2.45) is 11.1 Å². The lowest BCUT2D eigenvalue weighted by atomic mass is 9.91. The predicted molar refractivity (Wildman–Crippen MR) is 140 cm³/mol. The molecule has 0 saturated carbocycles. The number of piperidine rings is 1. The number of rotatable bonds is 16. The maximum Gasteiger partial charge on any atom is 0.421 e. The molecule has 0 radical (unpaired) electrons. The first-order valence-corrected chi connectivity index (χ1v) is 14.5. The van der Waals surface area contributed by atoms with Crippen molar-refractivity contribution in [2.75, 3.05) is 19.8 Å². The van der Waals surface area contributed by atoms with E-state index in [2.05, 4.69) is 0 Å². The van der Waals surface area contributed by atoms with E-state index in [0.717, 1.165) is 10.6 Å².